The average molecular weight is 547 g/mol. The summed E-state index contributed by atoms with van der Waals surface area (Å²) in [6, 6.07) is 16.5. The van der Waals surface area contributed by atoms with Gasteiger partial charge in [-0.15, -0.1) is 10.2 Å². The fourth-order valence-corrected chi connectivity index (χ4v) is 4.89. The second-order valence-electron chi connectivity index (χ2n) is 11.6. The van der Waals surface area contributed by atoms with Crippen LogP contribution >= 0.6 is 0 Å². The summed E-state index contributed by atoms with van der Waals surface area (Å²) in [6.07, 6.45) is 7.58. The van der Waals surface area contributed by atoms with Crippen molar-refractivity contribution in [3.05, 3.63) is 96.1 Å². The van der Waals surface area contributed by atoms with Gasteiger partial charge in [-0.05, 0) is 41.3 Å². The van der Waals surface area contributed by atoms with E-state index in [-0.39, 0.29) is 11.8 Å². The number of rotatable bonds is 6. The predicted molar refractivity (Wildman–Crippen MR) is 155 cm³/mol. The number of pyridine rings is 1. The molecule has 0 radical (unpaired) electrons. The number of nitrogens with zero attached hydrogens (tertiary/aromatic N) is 7. The molecule has 1 aliphatic carbocycles. The van der Waals surface area contributed by atoms with Crippen LogP contribution in [0.15, 0.2) is 79.1 Å². The van der Waals surface area contributed by atoms with Gasteiger partial charge >= 0.3 is 0 Å². The predicted octanol–water partition coefficient (Wildman–Crippen LogP) is 3.82. The Morgan fingerprint density at radius 3 is 2.41 bits per heavy atom. The van der Waals surface area contributed by atoms with Crippen LogP contribution in [0.5, 0.6) is 0 Å². The van der Waals surface area contributed by atoms with Crippen LogP contribution in [0.1, 0.15) is 42.5 Å². The first-order valence-electron chi connectivity index (χ1n) is 13.3. The summed E-state index contributed by atoms with van der Waals surface area (Å²) >= 11 is 0. The SMILES string of the molecule is CN(C)C(=O)[C@@H](NC(=O)c1ccc(-c2cnc3nnc(C4(c5ccc6ncccc6c5)C=C4)n3n2)cc1)C(C)(C)C. The lowest BCUT2D eigenvalue weighted by molar-refractivity contribution is -0.133. The molecule has 41 heavy (non-hydrogen) atoms. The van der Waals surface area contributed by atoms with Crippen LogP contribution < -0.4 is 5.32 Å². The molecule has 10 heteroatoms. The molecule has 6 rings (SSSR count). The number of hydrogen-bond acceptors (Lipinski definition) is 7. The third kappa shape index (κ3) is 4.71. The standard InChI is InChI=1S/C31H30N8O2/c1-30(2,3)25(27(41)38(4)5)34-26(40)20-10-8-19(9-11-20)24-18-33-29-36-35-28(39(29)37-24)31(14-15-31)22-12-13-23-21(17-22)7-6-16-32-23/h6-18,25H,1-5H3,(H,34,40)/t25-/m1/s1. The van der Waals surface area contributed by atoms with Crippen molar-refractivity contribution in [2.75, 3.05) is 14.1 Å². The molecule has 206 valence electrons. The summed E-state index contributed by atoms with van der Waals surface area (Å²) in [5.41, 5.74) is 2.84. The Labute approximate surface area is 237 Å². The topological polar surface area (TPSA) is 118 Å². The first kappa shape index (κ1) is 26.2. The van der Waals surface area contributed by atoms with Crippen LogP contribution in [-0.2, 0) is 10.2 Å². The molecule has 1 aliphatic rings. The molecule has 3 heterocycles. The van der Waals surface area contributed by atoms with Crippen molar-refractivity contribution in [1.29, 1.82) is 0 Å². The number of likely N-dealkylation sites (N-methyl/N-ethyl adjacent to an activating group) is 1. The molecule has 0 aliphatic heterocycles. The van der Waals surface area contributed by atoms with Crippen LogP contribution in [-0.4, -0.2) is 66.6 Å². The quantitative estimate of drug-likeness (QED) is 0.322. The maximum atomic E-state index is 13.1. The Hall–Kier alpha value is -4.99. The van der Waals surface area contributed by atoms with Gasteiger partial charge in [0.2, 0.25) is 5.91 Å². The number of allylic oxidation sites excluding steroid dienone is 2. The molecule has 0 fully saturated rings. The number of carbonyl (C=O) groups is 2. The average Bonchev–Trinajstić information content (AvgIpc) is 3.66. The van der Waals surface area contributed by atoms with E-state index in [4.69, 9.17) is 5.10 Å². The van der Waals surface area contributed by atoms with Gasteiger partial charge in [0.15, 0.2) is 5.82 Å². The molecule has 0 bridgehead atoms. The van der Waals surface area contributed by atoms with Crippen LogP contribution in [0.25, 0.3) is 27.9 Å². The smallest absolute Gasteiger partial charge is 0.271 e. The van der Waals surface area contributed by atoms with E-state index < -0.39 is 16.9 Å². The van der Waals surface area contributed by atoms with Gasteiger partial charge in [0.05, 0.1) is 17.1 Å². The van der Waals surface area contributed by atoms with E-state index >= 15 is 0 Å². The zero-order valence-electron chi connectivity index (χ0n) is 23.5. The number of carbonyl (C=O) groups excluding carboxylic acids is 2. The van der Waals surface area contributed by atoms with E-state index in [1.54, 1.807) is 43.1 Å². The largest absolute Gasteiger partial charge is 0.347 e. The molecule has 0 spiro atoms. The first-order valence-corrected chi connectivity index (χ1v) is 13.3. The second-order valence-corrected chi connectivity index (χ2v) is 11.6. The molecule has 0 saturated carbocycles. The summed E-state index contributed by atoms with van der Waals surface area (Å²) in [7, 11) is 3.36. The minimum Gasteiger partial charge on any atom is -0.347 e. The van der Waals surface area contributed by atoms with Crippen molar-refractivity contribution in [1.82, 2.24) is 40.0 Å². The number of fused-ring (bicyclic) bond motifs is 2. The van der Waals surface area contributed by atoms with Gasteiger partial charge in [-0.2, -0.15) is 9.61 Å². The molecule has 1 atom stereocenters. The molecule has 1 N–H and O–H groups in total. The highest BCUT2D eigenvalue weighted by atomic mass is 16.2. The summed E-state index contributed by atoms with van der Waals surface area (Å²) in [6.45, 7) is 5.78. The molecule has 5 aromatic rings. The van der Waals surface area contributed by atoms with Crippen molar-refractivity contribution < 1.29 is 9.59 Å². The van der Waals surface area contributed by atoms with E-state index in [0.717, 1.165) is 22.0 Å². The van der Waals surface area contributed by atoms with Crippen LogP contribution in [0.3, 0.4) is 0 Å². The lowest BCUT2D eigenvalue weighted by Crippen LogP contribution is -2.53. The Morgan fingerprint density at radius 1 is 0.976 bits per heavy atom. The van der Waals surface area contributed by atoms with Gasteiger partial charge in [-0.3, -0.25) is 14.6 Å². The van der Waals surface area contributed by atoms with Gasteiger partial charge < -0.3 is 10.2 Å². The second kappa shape index (κ2) is 9.58. The minimum atomic E-state index is -0.660. The van der Waals surface area contributed by atoms with E-state index in [1.807, 2.05) is 57.2 Å². The van der Waals surface area contributed by atoms with E-state index in [9.17, 15) is 9.59 Å². The Bertz CT molecular complexity index is 1830. The molecular weight excluding hydrogens is 516 g/mol. The first-order chi connectivity index (χ1) is 19.6. The Kier molecular flexibility index (Phi) is 6.13. The number of amides is 2. The molecule has 2 amide bonds. The fourth-order valence-electron chi connectivity index (χ4n) is 4.89. The summed E-state index contributed by atoms with van der Waals surface area (Å²) in [5.74, 6) is 0.578. The highest BCUT2D eigenvalue weighted by molar-refractivity contribution is 5.98. The molecular formula is C31H30N8O2. The Morgan fingerprint density at radius 2 is 1.73 bits per heavy atom. The van der Waals surface area contributed by atoms with E-state index in [2.05, 4.69) is 43.7 Å². The number of benzene rings is 2. The lowest BCUT2D eigenvalue weighted by atomic mass is 9.85. The normalized spacial score (nSPS) is 14.7. The zero-order chi connectivity index (χ0) is 28.9. The van der Waals surface area contributed by atoms with Crippen molar-refractivity contribution in [3.8, 4) is 11.3 Å². The third-order valence-corrected chi connectivity index (χ3v) is 7.36. The molecule has 0 saturated heterocycles. The van der Waals surface area contributed by atoms with E-state index in [1.165, 1.54) is 4.90 Å². The van der Waals surface area contributed by atoms with E-state index in [0.29, 0.717) is 22.9 Å². The van der Waals surface area contributed by atoms with Gasteiger partial charge in [0.1, 0.15) is 11.7 Å². The summed E-state index contributed by atoms with van der Waals surface area (Å²) in [4.78, 5) is 36.2. The van der Waals surface area contributed by atoms with Gasteiger partial charge in [0, 0.05) is 36.8 Å². The van der Waals surface area contributed by atoms with Crippen molar-refractivity contribution in [3.63, 3.8) is 0 Å². The van der Waals surface area contributed by atoms with Crippen molar-refractivity contribution >= 4 is 28.5 Å². The van der Waals surface area contributed by atoms with Gasteiger partial charge in [-0.25, -0.2) is 4.98 Å². The van der Waals surface area contributed by atoms with Crippen LogP contribution in [0.4, 0.5) is 0 Å². The fraction of sp³-hybridized carbons (Fsp3) is 0.258. The maximum Gasteiger partial charge on any atom is 0.271 e. The number of aromatic nitrogens is 6. The molecule has 2 aromatic carbocycles. The van der Waals surface area contributed by atoms with Crippen molar-refractivity contribution in [2.24, 2.45) is 5.41 Å². The summed E-state index contributed by atoms with van der Waals surface area (Å²) in [5, 5.41) is 17.5. The molecule has 10 nitrogen and oxygen atoms in total. The highest BCUT2D eigenvalue weighted by Gasteiger charge is 2.43. The number of hydrogen-bond donors (Lipinski definition) is 1. The summed E-state index contributed by atoms with van der Waals surface area (Å²) < 4.78 is 1.67. The van der Waals surface area contributed by atoms with Gasteiger partial charge in [0.25, 0.3) is 11.7 Å². The number of nitrogens with one attached hydrogen (secondary N) is 1. The molecule has 0 unspecified atom stereocenters. The Balaban J connectivity index is 1.28. The van der Waals surface area contributed by atoms with Crippen molar-refractivity contribution in [2.45, 2.75) is 32.2 Å². The monoisotopic (exact) mass is 546 g/mol. The molecule has 3 aromatic heterocycles. The maximum absolute atomic E-state index is 13.1. The zero-order valence-corrected chi connectivity index (χ0v) is 23.5. The highest BCUT2D eigenvalue weighted by Crippen LogP contribution is 2.44. The van der Waals surface area contributed by atoms with Gasteiger partial charge in [-0.1, -0.05) is 57.2 Å². The third-order valence-electron chi connectivity index (χ3n) is 7.36. The van der Waals surface area contributed by atoms with Crippen LogP contribution in [0.2, 0.25) is 0 Å². The lowest BCUT2D eigenvalue weighted by Gasteiger charge is -2.32. The minimum absolute atomic E-state index is 0.154. The van der Waals surface area contributed by atoms with Crippen LogP contribution in [0, 0.1) is 5.41 Å².